The Morgan fingerprint density at radius 3 is 2.08 bits per heavy atom. The van der Waals surface area contributed by atoms with E-state index in [0.717, 1.165) is 22.4 Å². The SMILES string of the molecule is COc1c(C)c(C)c(OC)c(C(O)CCc2ccc(O)cc2O)c1C. The third-order valence-electron chi connectivity index (χ3n) is 4.73. The second-order valence-electron chi connectivity index (χ2n) is 6.22. The molecular formula is C20H26O5. The highest BCUT2D eigenvalue weighted by Gasteiger charge is 2.24. The zero-order valence-corrected chi connectivity index (χ0v) is 15.4. The molecule has 25 heavy (non-hydrogen) atoms. The minimum atomic E-state index is -0.767. The monoisotopic (exact) mass is 346 g/mol. The fourth-order valence-corrected chi connectivity index (χ4v) is 3.29. The summed E-state index contributed by atoms with van der Waals surface area (Å²) in [4.78, 5) is 0. The first kappa shape index (κ1) is 18.9. The fraction of sp³-hybridized carbons (Fsp3) is 0.400. The molecule has 1 atom stereocenters. The van der Waals surface area contributed by atoms with Crippen molar-refractivity contribution < 1.29 is 24.8 Å². The van der Waals surface area contributed by atoms with Crippen LogP contribution in [0.15, 0.2) is 18.2 Å². The summed E-state index contributed by atoms with van der Waals surface area (Å²) in [5.41, 5.74) is 4.16. The van der Waals surface area contributed by atoms with E-state index in [1.807, 2.05) is 20.8 Å². The molecule has 0 saturated carbocycles. The van der Waals surface area contributed by atoms with Gasteiger partial charge in [-0.15, -0.1) is 0 Å². The zero-order valence-electron chi connectivity index (χ0n) is 15.4. The van der Waals surface area contributed by atoms with Gasteiger partial charge in [0.1, 0.15) is 23.0 Å². The van der Waals surface area contributed by atoms with Crippen LogP contribution in [0.1, 0.15) is 40.3 Å². The zero-order chi connectivity index (χ0) is 18.7. The van der Waals surface area contributed by atoms with E-state index in [0.29, 0.717) is 29.7 Å². The number of aliphatic hydroxyl groups excluding tert-OH is 1. The lowest BCUT2D eigenvalue weighted by molar-refractivity contribution is 0.162. The first-order chi connectivity index (χ1) is 11.8. The van der Waals surface area contributed by atoms with Crippen molar-refractivity contribution in [3.63, 3.8) is 0 Å². The molecule has 5 nitrogen and oxygen atoms in total. The quantitative estimate of drug-likeness (QED) is 0.743. The number of phenolic OH excluding ortho intramolecular Hbond substituents is 2. The number of benzene rings is 2. The normalized spacial score (nSPS) is 12.1. The maximum absolute atomic E-state index is 10.8. The lowest BCUT2D eigenvalue weighted by Gasteiger charge is -2.23. The standard InChI is InChI=1S/C20H26O5/c1-11-12(2)20(25-5)18(13(3)19(11)24-4)16(22)9-7-14-6-8-15(21)10-17(14)23/h6,8,10,16,21-23H,7,9H2,1-5H3. The van der Waals surface area contributed by atoms with Crippen molar-refractivity contribution in [2.45, 2.75) is 39.7 Å². The van der Waals surface area contributed by atoms with E-state index in [2.05, 4.69) is 0 Å². The second-order valence-corrected chi connectivity index (χ2v) is 6.22. The predicted octanol–water partition coefficient (Wildman–Crippen LogP) is 3.71. The van der Waals surface area contributed by atoms with Gasteiger partial charge in [-0.25, -0.2) is 0 Å². The van der Waals surface area contributed by atoms with Gasteiger partial charge in [0.15, 0.2) is 0 Å². The van der Waals surface area contributed by atoms with Crippen molar-refractivity contribution in [1.82, 2.24) is 0 Å². The predicted molar refractivity (Wildman–Crippen MR) is 96.8 cm³/mol. The highest BCUT2D eigenvalue weighted by Crippen LogP contribution is 2.42. The average molecular weight is 346 g/mol. The van der Waals surface area contributed by atoms with Crippen molar-refractivity contribution >= 4 is 0 Å². The molecule has 0 aliphatic rings. The van der Waals surface area contributed by atoms with Crippen molar-refractivity contribution in [3.05, 3.63) is 46.0 Å². The highest BCUT2D eigenvalue weighted by molar-refractivity contribution is 5.58. The molecule has 1 unspecified atom stereocenters. The Morgan fingerprint density at radius 1 is 0.920 bits per heavy atom. The van der Waals surface area contributed by atoms with Gasteiger partial charge in [0, 0.05) is 17.2 Å². The molecule has 5 heteroatoms. The topological polar surface area (TPSA) is 79.2 Å². The van der Waals surface area contributed by atoms with Crippen molar-refractivity contribution in [2.75, 3.05) is 14.2 Å². The number of hydrogen-bond acceptors (Lipinski definition) is 5. The van der Waals surface area contributed by atoms with Crippen molar-refractivity contribution in [2.24, 2.45) is 0 Å². The van der Waals surface area contributed by atoms with Gasteiger partial charge < -0.3 is 24.8 Å². The Labute approximate surface area is 148 Å². The van der Waals surface area contributed by atoms with Gasteiger partial charge >= 0.3 is 0 Å². The third kappa shape index (κ3) is 3.66. The summed E-state index contributed by atoms with van der Waals surface area (Å²) in [6, 6.07) is 4.47. The van der Waals surface area contributed by atoms with Crippen LogP contribution >= 0.6 is 0 Å². The molecule has 2 aromatic rings. The highest BCUT2D eigenvalue weighted by atomic mass is 16.5. The summed E-state index contributed by atoms with van der Waals surface area (Å²) in [5.74, 6) is 1.45. The molecule has 0 radical (unpaired) electrons. The van der Waals surface area contributed by atoms with Gasteiger partial charge in [0.25, 0.3) is 0 Å². The molecule has 2 rings (SSSR count). The van der Waals surface area contributed by atoms with E-state index in [1.165, 1.54) is 12.1 Å². The summed E-state index contributed by atoms with van der Waals surface area (Å²) >= 11 is 0. The van der Waals surface area contributed by atoms with Gasteiger partial charge in [-0.05, 0) is 56.4 Å². The third-order valence-corrected chi connectivity index (χ3v) is 4.73. The smallest absolute Gasteiger partial charge is 0.128 e. The molecule has 136 valence electrons. The van der Waals surface area contributed by atoms with Crippen LogP contribution < -0.4 is 9.47 Å². The average Bonchev–Trinajstić information content (AvgIpc) is 2.57. The first-order valence-electron chi connectivity index (χ1n) is 8.22. The molecule has 0 aliphatic heterocycles. The number of hydrogen-bond donors (Lipinski definition) is 3. The van der Waals surface area contributed by atoms with Crippen molar-refractivity contribution in [3.8, 4) is 23.0 Å². The van der Waals surface area contributed by atoms with Crippen molar-refractivity contribution in [1.29, 1.82) is 0 Å². The van der Waals surface area contributed by atoms with Crippen LogP contribution in [0.25, 0.3) is 0 Å². The van der Waals surface area contributed by atoms with E-state index in [9.17, 15) is 15.3 Å². The van der Waals surface area contributed by atoms with E-state index in [4.69, 9.17) is 9.47 Å². The summed E-state index contributed by atoms with van der Waals surface area (Å²) in [7, 11) is 3.21. The summed E-state index contributed by atoms with van der Waals surface area (Å²) in [6.45, 7) is 5.82. The molecule has 0 heterocycles. The molecule has 0 fully saturated rings. The van der Waals surface area contributed by atoms with Gasteiger partial charge in [0.2, 0.25) is 0 Å². The number of aryl methyl sites for hydroxylation is 1. The van der Waals surface area contributed by atoms with Crippen LogP contribution in [0.4, 0.5) is 0 Å². The van der Waals surface area contributed by atoms with Gasteiger partial charge in [-0.1, -0.05) is 6.07 Å². The molecule has 0 spiro atoms. The molecule has 2 aromatic carbocycles. The lowest BCUT2D eigenvalue weighted by atomic mass is 9.91. The molecule has 0 bridgehead atoms. The van der Waals surface area contributed by atoms with Gasteiger partial charge in [-0.2, -0.15) is 0 Å². The van der Waals surface area contributed by atoms with Crippen LogP contribution in [-0.4, -0.2) is 29.5 Å². The van der Waals surface area contributed by atoms with E-state index in [-0.39, 0.29) is 11.5 Å². The largest absolute Gasteiger partial charge is 0.508 e. The maximum atomic E-state index is 10.8. The minimum absolute atomic E-state index is 0.0122. The van der Waals surface area contributed by atoms with E-state index < -0.39 is 6.10 Å². The van der Waals surface area contributed by atoms with Gasteiger partial charge in [-0.3, -0.25) is 0 Å². The number of methoxy groups -OCH3 is 2. The maximum Gasteiger partial charge on any atom is 0.128 e. The van der Waals surface area contributed by atoms with Crippen LogP contribution in [0, 0.1) is 20.8 Å². The number of aromatic hydroxyl groups is 2. The Bertz CT molecular complexity index is 767. The Kier molecular flexibility index (Phi) is 5.80. The van der Waals surface area contributed by atoms with E-state index in [1.54, 1.807) is 20.3 Å². The fourth-order valence-electron chi connectivity index (χ4n) is 3.29. The summed E-state index contributed by atoms with van der Waals surface area (Å²) in [5, 5.41) is 30.1. The van der Waals surface area contributed by atoms with Crippen LogP contribution in [0.3, 0.4) is 0 Å². The number of aliphatic hydroxyl groups is 1. The molecular weight excluding hydrogens is 320 g/mol. The van der Waals surface area contributed by atoms with Crippen LogP contribution in [0.2, 0.25) is 0 Å². The number of rotatable bonds is 6. The summed E-state index contributed by atoms with van der Waals surface area (Å²) < 4.78 is 11.1. The molecule has 0 aromatic heterocycles. The molecule has 0 amide bonds. The Hall–Kier alpha value is -2.40. The molecule has 3 N–H and O–H groups in total. The van der Waals surface area contributed by atoms with Crippen LogP contribution in [-0.2, 0) is 6.42 Å². The Balaban J connectivity index is 2.35. The van der Waals surface area contributed by atoms with Gasteiger partial charge in [0.05, 0.1) is 20.3 Å². The number of ether oxygens (including phenoxy) is 2. The minimum Gasteiger partial charge on any atom is -0.508 e. The summed E-state index contributed by atoms with van der Waals surface area (Å²) in [6.07, 6.45) is 0.100. The second kappa shape index (κ2) is 7.66. The lowest BCUT2D eigenvalue weighted by Crippen LogP contribution is -2.09. The number of phenols is 2. The molecule has 0 saturated heterocycles. The molecule has 0 aliphatic carbocycles. The Morgan fingerprint density at radius 2 is 1.52 bits per heavy atom. The van der Waals surface area contributed by atoms with Crippen LogP contribution in [0.5, 0.6) is 23.0 Å². The first-order valence-corrected chi connectivity index (χ1v) is 8.22. The van der Waals surface area contributed by atoms with E-state index >= 15 is 0 Å².